The van der Waals surface area contributed by atoms with Gasteiger partial charge in [0.1, 0.15) is 0 Å². The zero-order valence-electron chi connectivity index (χ0n) is 6.38. The highest BCUT2D eigenvalue weighted by atomic mass is 16.5. The molecule has 0 unspecified atom stereocenters. The van der Waals surface area contributed by atoms with Gasteiger partial charge in [0.25, 0.3) is 0 Å². The van der Waals surface area contributed by atoms with E-state index in [4.69, 9.17) is 0 Å². The van der Waals surface area contributed by atoms with E-state index in [-0.39, 0.29) is 6.61 Å². The Morgan fingerprint density at radius 1 is 1.60 bits per heavy atom. The summed E-state index contributed by atoms with van der Waals surface area (Å²) in [5.74, 6) is -0.686. The van der Waals surface area contributed by atoms with E-state index in [1.807, 2.05) is 0 Å². The number of methoxy groups -OCH3 is 2. The van der Waals surface area contributed by atoms with E-state index in [1.165, 1.54) is 21.1 Å². The summed E-state index contributed by atoms with van der Waals surface area (Å²) in [6, 6.07) is 0. The molecule has 0 rings (SSSR count). The number of aliphatic hydroxyl groups is 1. The van der Waals surface area contributed by atoms with E-state index < -0.39 is 11.6 Å². The summed E-state index contributed by atoms with van der Waals surface area (Å²) in [5, 5.41) is 9.18. The molecule has 0 aliphatic rings. The van der Waals surface area contributed by atoms with E-state index >= 15 is 0 Å². The molecule has 0 amide bonds. The first-order chi connectivity index (χ1) is 4.54. The first kappa shape index (κ1) is 9.39. The fraction of sp³-hybridized carbons (Fsp3) is 0.833. The number of esters is 1. The molecule has 0 spiro atoms. The topological polar surface area (TPSA) is 55.8 Å². The summed E-state index contributed by atoms with van der Waals surface area (Å²) >= 11 is 0. The Morgan fingerprint density at radius 3 is 2.40 bits per heavy atom. The number of hydrogen-bond donors (Lipinski definition) is 1. The minimum Gasteiger partial charge on any atom is -0.467 e. The van der Waals surface area contributed by atoms with Crippen LogP contribution in [0, 0.1) is 0 Å². The van der Waals surface area contributed by atoms with Gasteiger partial charge in [-0.1, -0.05) is 0 Å². The van der Waals surface area contributed by atoms with E-state index in [2.05, 4.69) is 9.47 Å². The first-order valence-electron chi connectivity index (χ1n) is 2.84. The van der Waals surface area contributed by atoms with Crippen LogP contribution in [0.25, 0.3) is 0 Å². The molecule has 0 heterocycles. The summed E-state index contributed by atoms with van der Waals surface area (Å²) in [5.41, 5.74) is -1.52. The fourth-order valence-corrected chi connectivity index (χ4v) is 0.560. The summed E-state index contributed by atoms with van der Waals surface area (Å²) in [4.78, 5) is 10.7. The minimum atomic E-state index is -1.52. The highest BCUT2D eigenvalue weighted by Gasteiger charge is 2.30. The molecule has 0 aromatic rings. The predicted molar refractivity (Wildman–Crippen MR) is 34.5 cm³/mol. The van der Waals surface area contributed by atoms with Crippen molar-refractivity contribution in [3.8, 4) is 0 Å². The van der Waals surface area contributed by atoms with Gasteiger partial charge in [0, 0.05) is 7.11 Å². The van der Waals surface area contributed by atoms with Crippen molar-refractivity contribution in [1.82, 2.24) is 0 Å². The van der Waals surface area contributed by atoms with Crippen molar-refractivity contribution in [3.63, 3.8) is 0 Å². The smallest absolute Gasteiger partial charge is 0.339 e. The van der Waals surface area contributed by atoms with Gasteiger partial charge in [0.05, 0.1) is 13.7 Å². The van der Waals surface area contributed by atoms with Crippen LogP contribution in [0.1, 0.15) is 6.92 Å². The van der Waals surface area contributed by atoms with E-state index in [0.717, 1.165) is 0 Å². The maximum absolute atomic E-state index is 10.7. The van der Waals surface area contributed by atoms with Crippen molar-refractivity contribution in [1.29, 1.82) is 0 Å². The molecule has 0 bridgehead atoms. The lowest BCUT2D eigenvalue weighted by Crippen LogP contribution is -2.40. The van der Waals surface area contributed by atoms with Gasteiger partial charge in [-0.25, -0.2) is 4.79 Å². The van der Waals surface area contributed by atoms with Gasteiger partial charge in [-0.15, -0.1) is 0 Å². The lowest BCUT2D eigenvalue weighted by Gasteiger charge is -2.18. The predicted octanol–water partition coefficient (Wildman–Crippen LogP) is -0.443. The average molecular weight is 148 g/mol. The lowest BCUT2D eigenvalue weighted by atomic mass is 10.1. The normalized spacial score (nSPS) is 16.0. The van der Waals surface area contributed by atoms with Gasteiger partial charge in [-0.3, -0.25) is 0 Å². The Bertz CT molecular complexity index is 119. The zero-order chi connectivity index (χ0) is 8.20. The van der Waals surface area contributed by atoms with Gasteiger partial charge in [-0.2, -0.15) is 0 Å². The number of carbonyl (C=O) groups excluding carboxylic acids is 1. The Balaban J connectivity index is 3.96. The van der Waals surface area contributed by atoms with Gasteiger partial charge >= 0.3 is 5.97 Å². The second kappa shape index (κ2) is 3.53. The van der Waals surface area contributed by atoms with Crippen molar-refractivity contribution in [2.75, 3.05) is 20.8 Å². The summed E-state index contributed by atoms with van der Waals surface area (Å²) < 4.78 is 8.88. The Labute approximate surface area is 59.7 Å². The minimum absolute atomic E-state index is 0.0559. The van der Waals surface area contributed by atoms with E-state index in [1.54, 1.807) is 0 Å². The van der Waals surface area contributed by atoms with Crippen LogP contribution in [0.2, 0.25) is 0 Å². The monoisotopic (exact) mass is 148 g/mol. The molecule has 0 fully saturated rings. The Kier molecular flexibility index (Phi) is 3.32. The van der Waals surface area contributed by atoms with Crippen LogP contribution < -0.4 is 0 Å². The molecule has 0 saturated carbocycles. The molecular formula is C6H12O4. The molecule has 0 saturated heterocycles. The highest BCUT2D eigenvalue weighted by molar-refractivity contribution is 5.78. The average Bonchev–Trinajstić information content (AvgIpc) is 1.86. The van der Waals surface area contributed by atoms with Crippen molar-refractivity contribution in [2.24, 2.45) is 0 Å². The first-order valence-corrected chi connectivity index (χ1v) is 2.84. The fourth-order valence-electron chi connectivity index (χ4n) is 0.560. The van der Waals surface area contributed by atoms with Crippen LogP contribution in [0.15, 0.2) is 0 Å². The molecule has 0 aliphatic carbocycles. The van der Waals surface area contributed by atoms with Crippen molar-refractivity contribution < 1.29 is 19.4 Å². The second-order valence-corrected chi connectivity index (χ2v) is 2.20. The van der Waals surface area contributed by atoms with Gasteiger partial charge in [-0.05, 0) is 6.92 Å². The quantitative estimate of drug-likeness (QED) is 0.551. The number of ether oxygens (including phenoxy) is 2. The van der Waals surface area contributed by atoms with Crippen LogP contribution in [-0.2, 0) is 14.3 Å². The van der Waals surface area contributed by atoms with Crippen LogP contribution in [-0.4, -0.2) is 37.5 Å². The number of carbonyl (C=O) groups is 1. The standard InChI is InChI=1S/C6H12O4/c1-6(8,4-9-2)5(7)10-3/h8H,4H2,1-3H3/t6-/m0/s1. The molecule has 10 heavy (non-hydrogen) atoms. The lowest BCUT2D eigenvalue weighted by molar-refractivity contribution is -0.165. The third-order valence-electron chi connectivity index (χ3n) is 1.05. The van der Waals surface area contributed by atoms with Crippen LogP contribution in [0.4, 0.5) is 0 Å². The number of rotatable bonds is 3. The molecule has 1 N–H and O–H groups in total. The molecule has 1 atom stereocenters. The largest absolute Gasteiger partial charge is 0.467 e. The molecule has 0 radical (unpaired) electrons. The highest BCUT2D eigenvalue weighted by Crippen LogP contribution is 2.04. The SMILES string of the molecule is COC[C@](C)(O)C(=O)OC. The molecule has 0 aromatic heterocycles. The van der Waals surface area contributed by atoms with Crippen LogP contribution in [0.3, 0.4) is 0 Å². The van der Waals surface area contributed by atoms with Crippen LogP contribution >= 0.6 is 0 Å². The maximum atomic E-state index is 10.7. The Hall–Kier alpha value is -0.610. The zero-order valence-corrected chi connectivity index (χ0v) is 6.38. The van der Waals surface area contributed by atoms with Gasteiger partial charge in [0.2, 0.25) is 0 Å². The maximum Gasteiger partial charge on any atom is 0.339 e. The molecule has 0 aromatic carbocycles. The summed E-state index contributed by atoms with van der Waals surface area (Å²) in [6.07, 6.45) is 0. The molecule has 4 heteroatoms. The van der Waals surface area contributed by atoms with Crippen molar-refractivity contribution in [3.05, 3.63) is 0 Å². The van der Waals surface area contributed by atoms with E-state index in [9.17, 15) is 9.90 Å². The molecule has 4 nitrogen and oxygen atoms in total. The summed E-state index contributed by atoms with van der Waals surface area (Å²) in [7, 11) is 2.61. The van der Waals surface area contributed by atoms with Gasteiger partial charge < -0.3 is 14.6 Å². The van der Waals surface area contributed by atoms with Gasteiger partial charge in [0.15, 0.2) is 5.60 Å². The summed E-state index contributed by atoms with van der Waals surface area (Å²) in [6.45, 7) is 1.28. The number of hydrogen-bond acceptors (Lipinski definition) is 4. The van der Waals surface area contributed by atoms with Crippen molar-refractivity contribution in [2.45, 2.75) is 12.5 Å². The van der Waals surface area contributed by atoms with Crippen molar-refractivity contribution >= 4 is 5.97 Å². The van der Waals surface area contributed by atoms with E-state index in [0.29, 0.717) is 0 Å². The third-order valence-corrected chi connectivity index (χ3v) is 1.05. The molecular weight excluding hydrogens is 136 g/mol. The second-order valence-electron chi connectivity index (χ2n) is 2.20. The molecule has 0 aliphatic heterocycles. The Morgan fingerprint density at radius 2 is 2.10 bits per heavy atom. The molecule has 60 valence electrons. The third kappa shape index (κ3) is 2.33. The van der Waals surface area contributed by atoms with Crippen LogP contribution in [0.5, 0.6) is 0 Å².